The van der Waals surface area contributed by atoms with Crippen LogP contribution in [0.1, 0.15) is 11.1 Å². The molecule has 0 aromatic heterocycles. The minimum atomic E-state index is -0.429. The lowest BCUT2D eigenvalue weighted by Gasteiger charge is -1.96. The molecular weight excluding hydrogens is 256 g/mol. The van der Waals surface area contributed by atoms with Crippen LogP contribution >= 0.6 is 0 Å². The van der Waals surface area contributed by atoms with Crippen LogP contribution in [0.3, 0.4) is 0 Å². The average Bonchev–Trinajstić information content (AvgIpc) is 2.47. The molecule has 0 bridgehead atoms. The molecule has 2 aromatic rings. The number of hydrogen-bond acceptors (Lipinski definition) is 3. The summed E-state index contributed by atoms with van der Waals surface area (Å²) >= 11 is 0. The molecule has 0 heterocycles. The van der Waals surface area contributed by atoms with Gasteiger partial charge in [0, 0.05) is 22.7 Å². The van der Waals surface area contributed by atoms with Gasteiger partial charge < -0.3 is 0 Å². The Labute approximate surface area is 114 Å². The third-order valence-corrected chi connectivity index (χ3v) is 2.63. The molecule has 2 aromatic carbocycles. The van der Waals surface area contributed by atoms with E-state index in [-0.39, 0.29) is 5.69 Å². The molecule has 0 saturated carbocycles. The predicted molar refractivity (Wildman–Crippen MR) is 77.3 cm³/mol. The van der Waals surface area contributed by atoms with Crippen LogP contribution in [-0.2, 0) is 0 Å². The van der Waals surface area contributed by atoms with Crippen molar-refractivity contribution >= 4 is 23.5 Å². The Morgan fingerprint density at radius 2 is 1.50 bits per heavy atom. The first-order valence-electron chi connectivity index (χ1n) is 5.77. The molecule has 0 fully saturated rings. The Balaban J connectivity index is 2.12. The molecule has 0 radical (unpaired) electrons. The summed E-state index contributed by atoms with van der Waals surface area (Å²) in [5.74, 6) is 0. The number of nitrogens with zero attached hydrogens (tertiary/aromatic N) is 4. The molecule has 0 spiro atoms. The maximum atomic E-state index is 10.5. The molecule has 6 heteroatoms. The van der Waals surface area contributed by atoms with Crippen molar-refractivity contribution in [1.82, 2.24) is 0 Å². The van der Waals surface area contributed by atoms with Gasteiger partial charge in [-0.2, -0.15) is 0 Å². The molecule has 20 heavy (non-hydrogen) atoms. The van der Waals surface area contributed by atoms with Gasteiger partial charge in [0.1, 0.15) is 0 Å². The van der Waals surface area contributed by atoms with Crippen molar-refractivity contribution in [2.75, 3.05) is 0 Å². The quantitative estimate of drug-likeness (QED) is 0.200. The second-order valence-corrected chi connectivity index (χ2v) is 3.96. The standard InChI is InChI=1S/C14H10N4O2/c15-17-16-13-7-3-11(4-8-13)1-2-12-5-9-14(10-6-12)18(19)20/h1-10H/b2-1+. The highest BCUT2D eigenvalue weighted by molar-refractivity contribution is 5.70. The first-order valence-corrected chi connectivity index (χ1v) is 5.77. The Kier molecular flexibility index (Phi) is 4.11. The molecule has 0 aliphatic carbocycles. The van der Waals surface area contributed by atoms with Crippen molar-refractivity contribution in [3.05, 3.63) is 80.2 Å². The molecule has 0 atom stereocenters. The van der Waals surface area contributed by atoms with E-state index in [4.69, 9.17) is 5.53 Å². The van der Waals surface area contributed by atoms with Crippen LogP contribution in [0, 0.1) is 10.1 Å². The van der Waals surface area contributed by atoms with Gasteiger partial charge >= 0.3 is 0 Å². The van der Waals surface area contributed by atoms with Crippen LogP contribution in [0.25, 0.3) is 22.6 Å². The van der Waals surface area contributed by atoms with E-state index in [0.29, 0.717) is 5.69 Å². The highest BCUT2D eigenvalue weighted by Gasteiger charge is 2.01. The summed E-state index contributed by atoms with van der Waals surface area (Å²) in [5.41, 5.74) is 10.7. The fourth-order valence-electron chi connectivity index (χ4n) is 1.60. The molecule has 6 nitrogen and oxygen atoms in total. The molecule has 0 aliphatic rings. The van der Waals surface area contributed by atoms with E-state index in [1.54, 1.807) is 24.3 Å². The number of hydrogen-bond donors (Lipinski definition) is 0. The molecule has 0 aliphatic heterocycles. The van der Waals surface area contributed by atoms with E-state index < -0.39 is 4.92 Å². The fourth-order valence-corrected chi connectivity index (χ4v) is 1.60. The molecule has 0 N–H and O–H groups in total. The molecular formula is C14H10N4O2. The largest absolute Gasteiger partial charge is 0.269 e. The van der Waals surface area contributed by atoms with Crippen molar-refractivity contribution < 1.29 is 4.92 Å². The van der Waals surface area contributed by atoms with Gasteiger partial charge in [-0.1, -0.05) is 41.5 Å². The summed E-state index contributed by atoms with van der Waals surface area (Å²) in [6.45, 7) is 0. The van der Waals surface area contributed by atoms with Crippen molar-refractivity contribution in [2.24, 2.45) is 5.11 Å². The van der Waals surface area contributed by atoms with Gasteiger partial charge in [0.05, 0.1) is 4.92 Å². The zero-order chi connectivity index (χ0) is 14.4. The van der Waals surface area contributed by atoms with Crippen LogP contribution < -0.4 is 0 Å². The van der Waals surface area contributed by atoms with Crippen LogP contribution in [0.5, 0.6) is 0 Å². The molecule has 98 valence electrons. The second-order valence-electron chi connectivity index (χ2n) is 3.96. The van der Waals surface area contributed by atoms with E-state index in [1.807, 2.05) is 24.3 Å². The summed E-state index contributed by atoms with van der Waals surface area (Å²) < 4.78 is 0. The van der Waals surface area contributed by atoms with E-state index in [2.05, 4.69) is 10.0 Å². The normalized spacial score (nSPS) is 10.2. The van der Waals surface area contributed by atoms with Crippen LogP contribution in [0.4, 0.5) is 11.4 Å². The summed E-state index contributed by atoms with van der Waals surface area (Å²) in [6.07, 6.45) is 3.73. The third kappa shape index (κ3) is 3.44. The molecule has 0 unspecified atom stereocenters. The monoisotopic (exact) mass is 266 g/mol. The van der Waals surface area contributed by atoms with Gasteiger partial charge in [-0.3, -0.25) is 10.1 Å². The minimum Gasteiger partial charge on any atom is -0.258 e. The highest BCUT2D eigenvalue weighted by atomic mass is 16.6. The third-order valence-electron chi connectivity index (χ3n) is 2.63. The highest BCUT2D eigenvalue weighted by Crippen LogP contribution is 2.16. The SMILES string of the molecule is [N-]=[N+]=Nc1ccc(/C=C/c2ccc([N+](=O)[O-])cc2)cc1. The maximum Gasteiger partial charge on any atom is 0.269 e. The van der Waals surface area contributed by atoms with Crippen LogP contribution in [-0.4, -0.2) is 4.92 Å². The van der Waals surface area contributed by atoms with E-state index in [1.165, 1.54) is 12.1 Å². The number of nitro groups is 1. The van der Waals surface area contributed by atoms with Crippen molar-refractivity contribution in [1.29, 1.82) is 0 Å². The van der Waals surface area contributed by atoms with Gasteiger partial charge in [-0.15, -0.1) is 0 Å². The van der Waals surface area contributed by atoms with E-state index in [0.717, 1.165) is 11.1 Å². The van der Waals surface area contributed by atoms with Crippen molar-refractivity contribution in [3.63, 3.8) is 0 Å². The van der Waals surface area contributed by atoms with Crippen LogP contribution in [0.15, 0.2) is 53.6 Å². The molecule has 0 saturated heterocycles. The van der Waals surface area contributed by atoms with Crippen molar-refractivity contribution in [2.45, 2.75) is 0 Å². The Hall–Kier alpha value is -3.11. The minimum absolute atomic E-state index is 0.0702. The number of nitro benzene ring substituents is 1. The lowest BCUT2D eigenvalue weighted by Crippen LogP contribution is -1.86. The van der Waals surface area contributed by atoms with Crippen LogP contribution in [0.2, 0.25) is 0 Å². The van der Waals surface area contributed by atoms with E-state index >= 15 is 0 Å². The van der Waals surface area contributed by atoms with Gasteiger partial charge in [0.25, 0.3) is 5.69 Å². The number of rotatable bonds is 4. The lowest BCUT2D eigenvalue weighted by atomic mass is 10.1. The number of non-ortho nitro benzene ring substituents is 1. The first-order chi connectivity index (χ1) is 9.69. The lowest BCUT2D eigenvalue weighted by molar-refractivity contribution is -0.384. The number of azide groups is 1. The van der Waals surface area contributed by atoms with Gasteiger partial charge in [0.2, 0.25) is 0 Å². The van der Waals surface area contributed by atoms with Gasteiger partial charge in [-0.25, -0.2) is 0 Å². The summed E-state index contributed by atoms with van der Waals surface area (Å²) in [5, 5.41) is 14.0. The number of benzene rings is 2. The van der Waals surface area contributed by atoms with Crippen molar-refractivity contribution in [3.8, 4) is 0 Å². The average molecular weight is 266 g/mol. The Morgan fingerprint density at radius 1 is 1.00 bits per heavy atom. The second kappa shape index (κ2) is 6.17. The predicted octanol–water partition coefficient (Wildman–Crippen LogP) is 4.71. The maximum absolute atomic E-state index is 10.5. The summed E-state index contributed by atoms with van der Waals surface area (Å²) in [7, 11) is 0. The zero-order valence-corrected chi connectivity index (χ0v) is 10.4. The molecule has 0 amide bonds. The topological polar surface area (TPSA) is 91.9 Å². The van der Waals surface area contributed by atoms with Gasteiger partial charge in [0.15, 0.2) is 0 Å². The Morgan fingerprint density at radius 3 is 1.95 bits per heavy atom. The zero-order valence-electron chi connectivity index (χ0n) is 10.4. The summed E-state index contributed by atoms with van der Waals surface area (Å²) in [4.78, 5) is 12.8. The smallest absolute Gasteiger partial charge is 0.258 e. The first kappa shape index (κ1) is 13.3. The van der Waals surface area contributed by atoms with Gasteiger partial charge in [-0.05, 0) is 28.8 Å². The fraction of sp³-hybridized carbons (Fsp3) is 0. The molecule has 2 rings (SSSR count). The Bertz CT molecular complexity index is 637. The summed E-state index contributed by atoms with van der Waals surface area (Å²) in [6, 6.07) is 13.4. The van der Waals surface area contributed by atoms with E-state index in [9.17, 15) is 10.1 Å².